The number of benzene rings is 1. The molecule has 8 nitrogen and oxygen atoms in total. The van der Waals surface area contributed by atoms with E-state index in [0.717, 1.165) is 52.8 Å². The fourth-order valence-corrected chi connectivity index (χ4v) is 5.93. The van der Waals surface area contributed by atoms with Crippen molar-refractivity contribution in [1.29, 1.82) is 5.26 Å². The first kappa shape index (κ1) is 23.9. The van der Waals surface area contributed by atoms with Crippen LogP contribution in [-0.4, -0.2) is 57.4 Å². The number of hydrogen-bond acceptors (Lipinski definition) is 6. The number of piperazine rings is 1. The number of nitrogens with zero attached hydrogens (tertiary/aromatic N) is 6. The molecule has 2 atom stereocenters. The van der Waals surface area contributed by atoms with Gasteiger partial charge in [-0.25, -0.2) is 4.98 Å². The van der Waals surface area contributed by atoms with Crippen LogP contribution in [-0.2, 0) is 29.1 Å². The lowest BCUT2D eigenvalue weighted by atomic mass is 9.92. The van der Waals surface area contributed by atoms with Crippen molar-refractivity contribution in [3.05, 3.63) is 52.8 Å². The molecule has 8 heteroatoms. The Morgan fingerprint density at radius 3 is 2.78 bits per heavy atom. The molecule has 1 aliphatic carbocycles. The summed E-state index contributed by atoms with van der Waals surface area (Å²) in [6.07, 6.45) is 4.96. The van der Waals surface area contributed by atoms with Crippen molar-refractivity contribution in [3.63, 3.8) is 0 Å². The van der Waals surface area contributed by atoms with Crippen LogP contribution in [0.1, 0.15) is 61.9 Å². The second-order valence-electron chi connectivity index (χ2n) is 11.1. The van der Waals surface area contributed by atoms with Crippen LogP contribution < -0.4 is 4.90 Å². The third-order valence-electron chi connectivity index (χ3n) is 8.15. The molecule has 3 aromatic rings. The van der Waals surface area contributed by atoms with Gasteiger partial charge in [0.15, 0.2) is 0 Å². The Hall–Kier alpha value is -3.44. The highest BCUT2D eigenvalue weighted by atomic mass is 16.5. The summed E-state index contributed by atoms with van der Waals surface area (Å²) in [5.41, 5.74) is 5.05. The average molecular weight is 499 g/mol. The summed E-state index contributed by atoms with van der Waals surface area (Å²) in [4.78, 5) is 22.9. The number of fused-ring (bicyclic) bond motifs is 2. The maximum Gasteiger partial charge on any atom is 0.244 e. The third-order valence-corrected chi connectivity index (χ3v) is 8.15. The number of ether oxygens (including phenoxy) is 1. The summed E-state index contributed by atoms with van der Waals surface area (Å²) in [6, 6.07) is 10.5. The van der Waals surface area contributed by atoms with E-state index in [1.165, 1.54) is 0 Å². The zero-order valence-corrected chi connectivity index (χ0v) is 21.9. The standard InChI is InChI=1S/C29H34N6O2/c1-18(2)26-15-33(10-11-34(26)27(36)16-35-25-7-5-4-6-21(25)14-31-35)29-23(13-30)22-12-19(3)37-17-24(22)28(32-29)20-8-9-20/h4-7,14,18-20,26H,8-12,15-17H2,1-3H3/t19?,26-/m0/s1. The van der Waals surface area contributed by atoms with Gasteiger partial charge in [-0.2, -0.15) is 10.4 Å². The van der Waals surface area contributed by atoms with E-state index in [1.54, 1.807) is 4.68 Å². The maximum absolute atomic E-state index is 13.5. The first-order valence-corrected chi connectivity index (χ1v) is 13.5. The van der Waals surface area contributed by atoms with E-state index in [0.29, 0.717) is 37.7 Å². The first-order valence-electron chi connectivity index (χ1n) is 13.5. The highest BCUT2D eigenvalue weighted by molar-refractivity contribution is 5.82. The van der Waals surface area contributed by atoms with Gasteiger partial charge in [-0.05, 0) is 37.3 Å². The number of hydrogen-bond donors (Lipinski definition) is 0. The van der Waals surface area contributed by atoms with Gasteiger partial charge in [0.1, 0.15) is 18.4 Å². The molecule has 37 heavy (non-hydrogen) atoms. The molecule has 0 bridgehead atoms. The van der Waals surface area contributed by atoms with E-state index < -0.39 is 0 Å². The Labute approximate surface area is 217 Å². The van der Waals surface area contributed by atoms with Crippen molar-refractivity contribution in [3.8, 4) is 6.07 Å². The van der Waals surface area contributed by atoms with E-state index in [9.17, 15) is 10.1 Å². The van der Waals surface area contributed by atoms with Crippen LogP contribution in [0.4, 0.5) is 5.82 Å². The highest BCUT2D eigenvalue weighted by Gasteiger charge is 2.38. The molecule has 2 aliphatic heterocycles. The van der Waals surface area contributed by atoms with Gasteiger partial charge in [-0.15, -0.1) is 0 Å². The number of rotatable bonds is 5. The SMILES string of the molecule is CC1Cc2c(C#N)c(N3CCN(C(=O)Cn4ncc5ccccc54)[C@H](C(C)C)C3)nc(C3CC3)c2CO1. The Morgan fingerprint density at radius 2 is 2.03 bits per heavy atom. The first-order chi connectivity index (χ1) is 17.9. The van der Waals surface area contributed by atoms with Crippen LogP contribution >= 0.6 is 0 Å². The second-order valence-corrected chi connectivity index (χ2v) is 11.1. The lowest BCUT2D eigenvalue weighted by Gasteiger charge is -2.44. The average Bonchev–Trinajstić information content (AvgIpc) is 3.68. The molecular weight excluding hydrogens is 464 g/mol. The normalized spacial score (nSPS) is 21.8. The largest absolute Gasteiger partial charge is 0.373 e. The smallest absolute Gasteiger partial charge is 0.244 e. The van der Waals surface area contributed by atoms with Gasteiger partial charge in [0.25, 0.3) is 0 Å². The van der Waals surface area contributed by atoms with Crippen LogP contribution in [0.2, 0.25) is 0 Å². The number of pyridine rings is 1. The molecule has 2 fully saturated rings. The molecule has 1 aromatic carbocycles. The van der Waals surface area contributed by atoms with Crippen molar-refractivity contribution in [1.82, 2.24) is 19.7 Å². The molecule has 4 heterocycles. The van der Waals surface area contributed by atoms with E-state index in [-0.39, 0.29) is 30.5 Å². The van der Waals surface area contributed by atoms with Crippen molar-refractivity contribution in [2.24, 2.45) is 5.92 Å². The Morgan fingerprint density at radius 1 is 1.22 bits per heavy atom. The molecule has 0 radical (unpaired) electrons. The lowest BCUT2D eigenvalue weighted by Crippen LogP contribution is -2.58. The highest BCUT2D eigenvalue weighted by Crippen LogP contribution is 2.45. The van der Waals surface area contributed by atoms with Gasteiger partial charge in [0, 0.05) is 42.9 Å². The zero-order chi connectivity index (χ0) is 25.7. The second kappa shape index (κ2) is 9.46. The number of anilines is 1. The lowest BCUT2D eigenvalue weighted by molar-refractivity contribution is -0.135. The molecule has 2 aromatic heterocycles. The number of aromatic nitrogens is 3. The summed E-state index contributed by atoms with van der Waals surface area (Å²) in [6.45, 7) is 9.09. The molecule has 192 valence electrons. The Kier molecular flexibility index (Phi) is 6.12. The summed E-state index contributed by atoms with van der Waals surface area (Å²) in [5.74, 6) is 1.62. The van der Waals surface area contributed by atoms with E-state index in [1.807, 2.05) is 35.4 Å². The molecule has 0 spiro atoms. The topological polar surface area (TPSA) is 87.3 Å². The molecule has 1 unspecified atom stereocenters. The van der Waals surface area contributed by atoms with Crippen molar-refractivity contribution in [2.75, 3.05) is 24.5 Å². The van der Waals surface area contributed by atoms with Gasteiger partial charge in [-0.3, -0.25) is 9.48 Å². The van der Waals surface area contributed by atoms with Crippen LogP contribution in [0.5, 0.6) is 0 Å². The van der Waals surface area contributed by atoms with E-state index in [4.69, 9.17) is 9.72 Å². The Balaban J connectivity index is 1.28. The Bertz CT molecular complexity index is 1390. The van der Waals surface area contributed by atoms with Gasteiger partial charge in [-0.1, -0.05) is 32.0 Å². The molecule has 0 N–H and O–H groups in total. The minimum absolute atomic E-state index is 0.0269. The molecule has 6 rings (SSSR count). The van der Waals surface area contributed by atoms with Crippen LogP contribution in [0.3, 0.4) is 0 Å². The number of nitriles is 1. The van der Waals surface area contributed by atoms with Crippen molar-refractivity contribution in [2.45, 2.75) is 71.2 Å². The summed E-state index contributed by atoms with van der Waals surface area (Å²) in [5, 5.41) is 15.8. The third kappa shape index (κ3) is 4.36. The minimum Gasteiger partial charge on any atom is -0.373 e. The van der Waals surface area contributed by atoms with Gasteiger partial charge >= 0.3 is 0 Å². The number of para-hydroxylation sites is 1. The van der Waals surface area contributed by atoms with Gasteiger partial charge in [0.05, 0.1) is 41.7 Å². The van der Waals surface area contributed by atoms with E-state index in [2.05, 4.69) is 36.8 Å². The van der Waals surface area contributed by atoms with Crippen LogP contribution in [0.25, 0.3) is 10.9 Å². The summed E-state index contributed by atoms with van der Waals surface area (Å²) in [7, 11) is 0. The number of amides is 1. The molecule has 1 saturated carbocycles. The monoisotopic (exact) mass is 498 g/mol. The summed E-state index contributed by atoms with van der Waals surface area (Å²) >= 11 is 0. The van der Waals surface area contributed by atoms with E-state index >= 15 is 0 Å². The fraction of sp³-hybridized carbons (Fsp3) is 0.517. The minimum atomic E-state index is 0.0269. The van der Waals surface area contributed by atoms with Crippen molar-refractivity contribution < 1.29 is 9.53 Å². The molecule has 1 amide bonds. The van der Waals surface area contributed by atoms with Gasteiger partial charge in [0.2, 0.25) is 5.91 Å². The number of carbonyl (C=O) groups excluding carboxylic acids is 1. The van der Waals surface area contributed by atoms with Crippen molar-refractivity contribution >= 4 is 22.6 Å². The van der Waals surface area contributed by atoms with Gasteiger partial charge < -0.3 is 14.5 Å². The van der Waals surface area contributed by atoms with Crippen LogP contribution in [0, 0.1) is 17.2 Å². The molecule has 3 aliphatic rings. The van der Waals surface area contributed by atoms with Crippen LogP contribution in [0.15, 0.2) is 30.5 Å². The zero-order valence-electron chi connectivity index (χ0n) is 21.9. The fourth-order valence-electron chi connectivity index (χ4n) is 5.93. The molecular formula is C29H34N6O2. The maximum atomic E-state index is 13.5. The quantitative estimate of drug-likeness (QED) is 0.528. The predicted molar refractivity (Wildman–Crippen MR) is 141 cm³/mol. The number of carbonyl (C=O) groups is 1. The predicted octanol–water partition coefficient (Wildman–Crippen LogP) is 4.01. The molecule has 1 saturated heterocycles. The summed E-state index contributed by atoms with van der Waals surface area (Å²) < 4.78 is 7.75.